The van der Waals surface area contributed by atoms with Crippen LogP contribution in [0.3, 0.4) is 0 Å². The van der Waals surface area contributed by atoms with Crippen LogP contribution in [0.5, 0.6) is 0 Å². The fourth-order valence-corrected chi connectivity index (χ4v) is 4.28. The molecule has 3 aromatic rings. The van der Waals surface area contributed by atoms with Crippen molar-refractivity contribution in [2.45, 2.75) is 19.0 Å². The van der Waals surface area contributed by atoms with Crippen molar-refractivity contribution in [3.63, 3.8) is 0 Å². The third kappa shape index (κ3) is 7.55. The van der Waals surface area contributed by atoms with Crippen LogP contribution in [-0.2, 0) is 22.5 Å². The van der Waals surface area contributed by atoms with E-state index in [9.17, 15) is 9.59 Å². The summed E-state index contributed by atoms with van der Waals surface area (Å²) >= 11 is 0. The lowest BCUT2D eigenvalue weighted by molar-refractivity contribution is -0.141. The second-order valence-electron chi connectivity index (χ2n) is 9.16. The third-order valence-electron chi connectivity index (χ3n) is 6.40. The molecule has 2 heterocycles. The number of aromatic nitrogens is 3. The van der Waals surface area contributed by atoms with Gasteiger partial charge in [-0.3, -0.25) is 4.90 Å². The number of amides is 1. The number of hydrogen-bond donors (Lipinski definition) is 4. The molecule has 208 valence electrons. The van der Waals surface area contributed by atoms with Crippen molar-refractivity contribution < 1.29 is 19.4 Å². The van der Waals surface area contributed by atoms with Crippen molar-refractivity contribution in [3.05, 3.63) is 65.2 Å². The molecular weight excluding hydrogens is 514 g/mol. The van der Waals surface area contributed by atoms with E-state index in [1.165, 1.54) is 12.0 Å². The van der Waals surface area contributed by atoms with E-state index in [-0.39, 0.29) is 11.9 Å². The number of carbonyl (C=O) groups is 2. The Labute approximate surface area is 231 Å². The van der Waals surface area contributed by atoms with Crippen LogP contribution in [0.25, 0.3) is 0 Å². The van der Waals surface area contributed by atoms with Gasteiger partial charge in [0.1, 0.15) is 6.04 Å². The molecule has 4 rings (SSSR count). The summed E-state index contributed by atoms with van der Waals surface area (Å²) in [6, 6.07) is 16.1. The Bertz CT molecular complexity index is 1370. The Kier molecular flexibility index (Phi) is 9.27. The van der Waals surface area contributed by atoms with Crippen LogP contribution in [0.2, 0.25) is 0 Å². The standard InChI is InChI=1S/C27H31N9O4/c1-29-24-32-25(30-21-5-3-4-20(14-21)17-35-10-12-36(13-11-35)27(38)39)34-26(33-24)31-22(23(37)40-2)15-18-6-8-19(16-28)9-7-18/h3-9,14,22H,10-13,15,17H2,1-2H3,(H,38,39)(H3,29,30,31,32,33,34)/t22-/m0/s1. The Morgan fingerprint density at radius 3 is 2.38 bits per heavy atom. The average Bonchev–Trinajstić information content (AvgIpc) is 2.97. The zero-order valence-electron chi connectivity index (χ0n) is 22.3. The lowest BCUT2D eigenvalue weighted by Gasteiger charge is -2.33. The van der Waals surface area contributed by atoms with Crippen molar-refractivity contribution >= 4 is 35.6 Å². The molecule has 0 bridgehead atoms. The van der Waals surface area contributed by atoms with Crippen molar-refractivity contribution in [2.75, 3.05) is 56.3 Å². The van der Waals surface area contributed by atoms with Gasteiger partial charge in [0.2, 0.25) is 17.8 Å². The largest absolute Gasteiger partial charge is 0.467 e. The second kappa shape index (κ2) is 13.2. The molecule has 1 atom stereocenters. The SMILES string of the molecule is CNc1nc(Nc2cccc(CN3CCN(C(=O)O)CC3)c2)nc(N[C@@H](Cc2ccc(C#N)cc2)C(=O)OC)n1. The first-order chi connectivity index (χ1) is 19.4. The minimum absolute atomic E-state index is 0.179. The van der Waals surface area contributed by atoms with Crippen LogP contribution in [0.15, 0.2) is 48.5 Å². The van der Waals surface area contributed by atoms with Gasteiger partial charge in [0, 0.05) is 51.9 Å². The summed E-state index contributed by atoms with van der Waals surface area (Å²) in [5.74, 6) is 0.269. The van der Waals surface area contributed by atoms with Crippen LogP contribution < -0.4 is 16.0 Å². The first-order valence-electron chi connectivity index (χ1n) is 12.7. The lowest BCUT2D eigenvalue weighted by Crippen LogP contribution is -2.47. The van der Waals surface area contributed by atoms with Crippen molar-refractivity contribution in [1.82, 2.24) is 24.8 Å². The lowest BCUT2D eigenvalue weighted by atomic mass is 10.0. The molecule has 0 aliphatic carbocycles. The van der Waals surface area contributed by atoms with Crippen LogP contribution in [0.1, 0.15) is 16.7 Å². The van der Waals surface area contributed by atoms with E-state index >= 15 is 0 Å². The molecule has 1 amide bonds. The highest BCUT2D eigenvalue weighted by molar-refractivity contribution is 5.79. The van der Waals surface area contributed by atoms with Gasteiger partial charge in [-0.25, -0.2) is 9.59 Å². The van der Waals surface area contributed by atoms with Gasteiger partial charge in [-0.05, 0) is 35.4 Å². The van der Waals surface area contributed by atoms with Crippen molar-refractivity contribution in [2.24, 2.45) is 0 Å². The number of carbonyl (C=O) groups excluding carboxylic acids is 1. The van der Waals surface area contributed by atoms with Gasteiger partial charge in [0.15, 0.2) is 0 Å². The van der Waals surface area contributed by atoms with Crippen LogP contribution >= 0.6 is 0 Å². The molecule has 1 aromatic heterocycles. The highest BCUT2D eigenvalue weighted by Gasteiger charge is 2.22. The minimum atomic E-state index is -0.884. The maximum absolute atomic E-state index is 12.6. The van der Waals surface area contributed by atoms with Crippen molar-refractivity contribution in [1.29, 1.82) is 5.26 Å². The number of esters is 1. The molecule has 0 radical (unpaired) electrons. The highest BCUT2D eigenvalue weighted by Crippen LogP contribution is 2.20. The molecule has 1 fully saturated rings. The van der Waals surface area contributed by atoms with Gasteiger partial charge < -0.3 is 30.7 Å². The highest BCUT2D eigenvalue weighted by atomic mass is 16.5. The molecule has 0 saturated carbocycles. The van der Waals surface area contributed by atoms with Crippen LogP contribution in [-0.4, -0.2) is 88.3 Å². The molecule has 1 aliphatic rings. The van der Waals surface area contributed by atoms with E-state index in [4.69, 9.17) is 15.1 Å². The predicted octanol–water partition coefficient (Wildman–Crippen LogP) is 2.52. The average molecular weight is 546 g/mol. The smallest absolute Gasteiger partial charge is 0.407 e. The van der Waals surface area contributed by atoms with Gasteiger partial charge in [-0.15, -0.1) is 0 Å². The Morgan fingerprint density at radius 2 is 1.73 bits per heavy atom. The fourth-order valence-electron chi connectivity index (χ4n) is 4.28. The molecule has 0 unspecified atom stereocenters. The number of carboxylic acid groups (broad SMARTS) is 1. The summed E-state index contributed by atoms with van der Waals surface area (Å²) in [4.78, 5) is 40.5. The quantitative estimate of drug-likeness (QED) is 0.275. The number of nitriles is 1. The zero-order chi connectivity index (χ0) is 28.5. The number of methoxy groups -OCH3 is 1. The molecule has 0 spiro atoms. The molecule has 4 N–H and O–H groups in total. The van der Waals surface area contributed by atoms with Crippen LogP contribution in [0.4, 0.5) is 28.3 Å². The minimum Gasteiger partial charge on any atom is -0.467 e. The summed E-state index contributed by atoms with van der Waals surface area (Å²) in [5, 5.41) is 27.4. The summed E-state index contributed by atoms with van der Waals surface area (Å²) in [6.07, 6.45) is -0.588. The van der Waals surface area contributed by atoms with E-state index in [0.29, 0.717) is 50.7 Å². The summed E-state index contributed by atoms with van der Waals surface area (Å²) in [6.45, 7) is 2.99. The predicted molar refractivity (Wildman–Crippen MR) is 148 cm³/mol. The molecular formula is C27H31N9O4. The van der Waals surface area contributed by atoms with Gasteiger partial charge in [0.25, 0.3) is 0 Å². The number of nitrogens with zero attached hydrogens (tertiary/aromatic N) is 6. The molecule has 1 saturated heterocycles. The first-order valence-corrected chi connectivity index (χ1v) is 12.7. The number of rotatable bonds is 10. The van der Waals surface area contributed by atoms with Gasteiger partial charge >= 0.3 is 12.1 Å². The summed E-state index contributed by atoms with van der Waals surface area (Å²) in [5.41, 5.74) is 3.19. The number of piperazine rings is 1. The van der Waals surface area contributed by atoms with Crippen molar-refractivity contribution in [3.8, 4) is 6.07 Å². The number of nitrogens with one attached hydrogen (secondary N) is 3. The Hall–Kier alpha value is -4.96. The normalized spacial score (nSPS) is 14.1. The summed E-state index contributed by atoms with van der Waals surface area (Å²) < 4.78 is 4.99. The number of ether oxygens (including phenoxy) is 1. The maximum atomic E-state index is 12.6. The molecule has 2 aromatic carbocycles. The first kappa shape index (κ1) is 28.1. The number of hydrogen-bond acceptors (Lipinski definition) is 11. The maximum Gasteiger partial charge on any atom is 0.407 e. The van der Waals surface area contributed by atoms with E-state index in [1.54, 1.807) is 31.3 Å². The number of benzene rings is 2. The molecule has 13 nitrogen and oxygen atoms in total. The topological polar surface area (TPSA) is 169 Å². The molecule has 40 heavy (non-hydrogen) atoms. The molecule has 13 heteroatoms. The second-order valence-corrected chi connectivity index (χ2v) is 9.16. The Morgan fingerprint density at radius 1 is 1.02 bits per heavy atom. The van der Waals surface area contributed by atoms with E-state index < -0.39 is 18.1 Å². The Balaban J connectivity index is 1.46. The number of anilines is 4. The van der Waals surface area contributed by atoms with Gasteiger partial charge in [-0.1, -0.05) is 24.3 Å². The van der Waals surface area contributed by atoms with Gasteiger partial charge in [-0.2, -0.15) is 20.2 Å². The zero-order valence-corrected chi connectivity index (χ0v) is 22.3. The van der Waals surface area contributed by atoms with E-state index in [2.05, 4.69) is 41.9 Å². The fraction of sp³-hybridized carbons (Fsp3) is 0.333. The molecule has 1 aliphatic heterocycles. The van der Waals surface area contributed by atoms with E-state index in [0.717, 1.165) is 16.8 Å². The van der Waals surface area contributed by atoms with Gasteiger partial charge in [0.05, 0.1) is 18.7 Å². The monoisotopic (exact) mass is 545 g/mol. The third-order valence-corrected chi connectivity index (χ3v) is 6.40. The van der Waals surface area contributed by atoms with E-state index in [1.807, 2.05) is 24.3 Å². The summed E-state index contributed by atoms with van der Waals surface area (Å²) in [7, 11) is 3.00. The van der Waals surface area contributed by atoms with Crippen LogP contribution in [0, 0.1) is 11.3 Å².